The zero-order chi connectivity index (χ0) is 19.9. The lowest BCUT2D eigenvalue weighted by Crippen LogP contribution is -2.54. The van der Waals surface area contributed by atoms with Crippen LogP contribution in [0.5, 0.6) is 0 Å². The quantitative estimate of drug-likeness (QED) is 0.765. The van der Waals surface area contributed by atoms with Crippen LogP contribution in [0.2, 0.25) is 0 Å². The molecule has 4 rings (SSSR count). The molecule has 1 aliphatic heterocycles. The van der Waals surface area contributed by atoms with Gasteiger partial charge in [-0.2, -0.15) is 0 Å². The largest absolute Gasteiger partial charge is 0.379 e. The van der Waals surface area contributed by atoms with Crippen molar-refractivity contribution < 1.29 is 9.53 Å². The van der Waals surface area contributed by atoms with Gasteiger partial charge in [0.25, 0.3) is 0 Å². The van der Waals surface area contributed by atoms with Gasteiger partial charge in [-0.05, 0) is 54.4 Å². The Morgan fingerprint density at radius 2 is 1.82 bits per heavy atom. The number of ketones is 1. The van der Waals surface area contributed by atoms with Crippen LogP contribution in [0.4, 0.5) is 0 Å². The van der Waals surface area contributed by atoms with E-state index in [0.717, 1.165) is 25.1 Å². The maximum Gasteiger partial charge on any atom is 0.178 e. The van der Waals surface area contributed by atoms with Gasteiger partial charge in [-0.25, -0.2) is 0 Å². The molecule has 1 aromatic carbocycles. The van der Waals surface area contributed by atoms with Gasteiger partial charge in [0.1, 0.15) is 0 Å². The first-order chi connectivity index (χ1) is 13.3. The molecule has 0 atom stereocenters. The number of fused-ring (bicyclic) bond motifs is 3. The van der Waals surface area contributed by atoms with Crippen LogP contribution in [0.15, 0.2) is 53.6 Å². The standard InChI is InChI=1S/C25H31NO2/c1-24(2)17-19-10-9-18(11-12-20(19)21-7-5-6-8-22(21)24)23(27)25(3,4)26-13-15-28-16-14-26/h5-8,10-12H,9,13-17H2,1-4H3. The van der Waals surface area contributed by atoms with E-state index in [2.05, 4.69) is 75.1 Å². The van der Waals surface area contributed by atoms with Gasteiger partial charge in [-0.15, -0.1) is 0 Å². The molecule has 3 heteroatoms. The monoisotopic (exact) mass is 377 g/mol. The fourth-order valence-electron chi connectivity index (χ4n) is 4.84. The minimum atomic E-state index is -0.501. The molecule has 1 aromatic rings. The number of morpholine rings is 1. The van der Waals surface area contributed by atoms with Crippen molar-refractivity contribution in [3.63, 3.8) is 0 Å². The number of carbonyl (C=O) groups is 1. The second kappa shape index (κ2) is 7.13. The predicted octanol–water partition coefficient (Wildman–Crippen LogP) is 4.69. The average Bonchev–Trinajstić information content (AvgIpc) is 2.90. The summed E-state index contributed by atoms with van der Waals surface area (Å²) in [5.74, 6) is 0.231. The lowest BCUT2D eigenvalue weighted by atomic mass is 9.68. The molecule has 1 heterocycles. The molecule has 28 heavy (non-hydrogen) atoms. The summed E-state index contributed by atoms with van der Waals surface area (Å²) < 4.78 is 5.47. The molecule has 0 N–H and O–H groups in total. The van der Waals surface area contributed by atoms with Gasteiger partial charge in [-0.3, -0.25) is 9.69 Å². The number of rotatable bonds is 3. The van der Waals surface area contributed by atoms with Crippen LogP contribution >= 0.6 is 0 Å². The third kappa shape index (κ3) is 3.31. The summed E-state index contributed by atoms with van der Waals surface area (Å²) >= 11 is 0. The van der Waals surface area contributed by atoms with Crippen LogP contribution < -0.4 is 0 Å². The topological polar surface area (TPSA) is 29.5 Å². The van der Waals surface area contributed by atoms with Crippen LogP contribution in [0.1, 0.15) is 51.7 Å². The third-order valence-corrected chi connectivity index (χ3v) is 6.59. The van der Waals surface area contributed by atoms with Gasteiger partial charge in [0.05, 0.1) is 18.8 Å². The van der Waals surface area contributed by atoms with E-state index in [1.54, 1.807) is 0 Å². The van der Waals surface area contributed by atoms with Crippen molar-refractivity contribution in [2.24, 2.45) is 0 Å². The van der Waals surface area contributed by atoms with E-state index in [-0.39, 0.29) is 11.2 Å². The van der Waals surface area contributed by atoms with Crippen LogP contribution in [0.25, 0.3) is 5.57 Å². The number of hydrogen-bond donors (Lipinski definition) is 0. The zero-order valence-electron chi connectivity index (χ0n) is 17.5. The molecule has 0 amide bonds. The minimum Gasteiger partial charge on any atom is -0.379 e. The van der Waals surface area contributed by atoms with Crippen molar-refractivity contribution in [2.45, 2.75) is 51.5 Å². The van der Waals surface area contributed by atoms with E-state index < -0.39 is 5.54 Å². The van der Waals surface area contributed by atoms with Gasteiger partial charge >= 0.3 is 0 Å². The smallest absolute Gasteiger partial charge is 0.178 e. The highest BCUT2D eigenvalue weighted by atomic mass is 16.5. The number of ether oxygens (including phenoxy) is 1. The molecule has 3 aliphatic rings. The van der Waals surface area contributed by atoms with E-state index in [1.165, 1.54) is 22.3 Å². The highest BCUT2D eigenvalue weighted by Crippen LogP contribution is 2.46. The first-order valence-corrected chi connectivity index (χ1v) is 10.4. The highest BCUT2D eigenvalue weighted by Gasteiger charge is 2.38. The van der Waals surface area contributed by atoms with Crippen molar-refractivity contribution in [3.05, 3.63) is 64.8 Å². The van der Waals surface area contributed by atoms with Crippen LogP contribution in [-0.4, -0.2) is 42.5 Å². The van der Waals surface area contributed by atoms with E-state index in [9.17, 15) is 4.79 Å². The lowest BCUT2D eigenvalue weighted by Gasteiger charge is -2.40. The first kappa shape index (κ1) is 19.4. The Hall–Kier alpha value is -1.97. The molecule has 3 nitrogen and oxygen atoms in total. The molecular weight excluding hydrogens is 346 g/mol. The van der Waals surface area contributed by atoms with Crippen molar-refractivity contribution in [3.8, 4) is 0 Å². The summed E-state index contributed by atoms with van der Waals surface area (Å²) in [5, 5.41) is 0. The Labute approximate surface area is 168 Å². The van der Waals surface area contributed by atoms with Gasteiger partial charge in [0, 0.05) is 18.7 Å². The van der Waals surface area contributed by atoms with Gasteiger partial charge in [-0.1, -0.05) is 56.3 Å². The van der Waals surface area contributed by atoms with E-state index in [4.69, 9.17) is 4.74 Å². The molecule has 0 unspecified atom stereocenters. The molecule has 0 bridgehead atoms. The average molecular weight is 378 g/mol. The van der Waals surface area contributed by atoms with Gasteiger partial charge in [0.15, 0.2) is 5.78 Å². The Bertz CT molecular complexity index is 880. The summed E-state index contributed by atoms with van der Waals surface area (Å²) in [7, 11) is 0. The molecule has 1 saturated heterocycles. The Balaban J connectivity index is 1.67. The van der Waals surface area contributed by atoms with Crippen LogP contribution in [0.3, 0.4) is 0 Å². The fraction of sp³-hybridized carbons (Fsp3) is 0.480. The third-order valence-electron chi connectivity index (χ3n) is 6.59. The van der Waals surface area contributed by atoms with Crippen molar-refractivity contribution in [1.82, 2.24) is 4.90 Å². The Morgan fingerprint density at radius 3 is 2.57 bits per heavy atom. The van der Waals surface area contributed by atoms with Gasteiger partial charge < -0.3 is 4.74 Å². The molecule has 2 aliphatic carbocycles. The maximum absolute atomic E-state index is 13.4. The van der Waals surface area contributed by atoms with Gasteiger partial charge in [0.2, 0.25) is 0 Å². The van der Waals surface area contributed by atoms with Crippen LogP contribution in [-0.2, 0) is 14.9 Å². The number of carbonyl (C=O) groups excluding carboxylic acids is 1. The molecule has 0 spiro atoms. The number of Topliss-reactive ketones (excluding diaryl/α,β-unsaturated/α-hetero) is 1. The van der Waals surface area contributed by atoms with E-state index in [1.807, 2.05) is 0 Å². The SMILES string of the molecule is CC1(C)CC2=CCC(C(=O)C(C)(C)N3CCOCC3)=CC=C2c2ccccc21. The normalized spacial score (nSPS) is 22.2. The number of allylic oxidation sites excluding steroid dienone is 5. The number of hydrogen-bond acceptors (Lipinski definition) is 3. The van der Waals surface area contributed by atoms with E-state index in [0.29, 0.717) is 19.6 Å². The first-order valence-electron chi connectivity index (χ1n) is 10.4. The Morgan fingerprint density at radius 1 is 1.11 bits per heavy atom. The molecule has 148 valence electrons. The summed E-state index contributed by atoms with van der Waals surface area (Å²) in [4.78, 5) is 15.7. The second-order valence-electron chi connectivity index (χ2n) is 9.30. The van der Waals surface area contributed by atoms with Crippen molar-refractivity contribution >= 4 is 11.4 Å². The summed E-state index contributed by atoms with van der Waals surface area (Å²) in [6.45, 7) is 11.8. The Kier molecular flexibility index (Phi) is 4.93. The maximum atomic E-state index is 13.4. The summed E-state index contributed by atoms with van der Waals surface area (Å²) in [6, 6.07) is 8.70. The molecule has 1 fully saturated rings. The minimum absolute atomic E-state index is 0.112. The van der Waals surface area contributed by atoms with Crippen molar-refractivity contribution in [2.75, 3.05) is 26.3 Å². The zero-order valence-corrected chi connectivity index (χ0v) is 17.5. The predicted molar refractivity (Wildman–Crippen MR) is 114 cm³/mol. The summed E-state index contributed by atoms with van der Waals surface area (Å²) in [6.07, 6.45) is 8.25. The second-order valence-corrected chi connectivity index (χ2v) is 9.30. The summed E-state index contributed by atoms with van der Waals surface area (Å²) in [5.41, 5.74) is 5.87. The molecule has 0 aromatic heterocycles. The lowest BCUT2D eigenvalue weighted by molar-refractivity contribution is -0.128. The fourth-order valence-corrected chi connectivity index (χ4v) is 4.84. The molecule has 0 saturated carbocycles. The molecular formula is C25H31NO2. The van der Waals surface area contributed by atoms with Crippen molar-refractivity contribution in [1.29, 1.82) is 0 Å². The molecule has 0 radical (unpaired) electrons. The number of benzene rings is 1. The highest BCUT2D eigenvalue weighted by molar-refractivity contribution is 6.03. The van der Waals surface area contributed by atoms with Crippen LogP contribution in [0, 0.1) is 0 Å². The van der Waals surface area contributed by atoms with E-state index >= 15 is 0 Å². The number of nitrogens with zero attached hydrogens (tertiary/aromatic N) is 1.